The molecular weight excluding hydrogens is 298 g/mol. The molecular formula is C17H23NO3S. The van der Waals surface area contributed by atoms with Gasteiger partial charge in [-0.3, -0.25) is 9.59 Å². The zero-order valence-corrected chi connectivity index (χ0v) is 14.2. The summed E-state index contributed by atoms with van der Waals surface area (Å²) in [5.41, 5.74) is 1.22. The SMILES string of the molecule is COC(=O)C1CCN(C(=O)[C@H](C)Sc2ccc(C)cc2)CC1. The van der Waals surface area contributed by atoms with Gasteiger partial charge in [0.05, 0.1) is 18.3 Å². The average Bonchev–Trinajstić information content (AvgIpc) is 2.55. The summed E-state index contributed by atoms with van der Waals surface area (Å²) in [5.74, 6) is -0.0721. The smallest absolute Gasteiger partial charge is 0.308 e. The molecule has 1 saturated heterocycles. The Kier molecular flexibility index (Phi) is 5.89. The third kappa shape index (κ3) is 4.26. The Morgan fingerprint density at radius 3 is 2.36 bits per heavy atom. The minimum absolute atomic E-state index is 0.0610. The number of aryl methyl sites for hydroxylation is 1. The van der Waals surface area contributed by atoms with Crippen LogP contribution < -0.4 is 0 Å². The molecule has 0 unspecified atom stereocenters. The Morgan fingerprint density at radius 2 is 1.82 bits per heavy atom. The predicted octanol–water partition coefficient (Wildman–Crippen LogP) is 2.89. The van der Waals surface area contributed by atoms with Crippen LogP contribution in [0.5, 0.6) is 0 Å². The van der Waals surface area contributed by atoms with E-state index in [2.05, 4.69) is 19.1 Å². The highest BCUT2D eigenvalue weighted by molar-refractivity contribution is 8.00. The first-order valence-electron chi connectivity index (χ1n) is 7.61. The largest absolute Gasteiger partial charge is 0.469 e. The summed E-state index contributed by atoms with van der Waals surface area (Å²) in [4.78, 5) is 27.0. The second kappa shape index (κ2) is 7.68. The Balaban J connectivity index is 1.86. The summed E-state index contributed by atoms with van der Waals surface area (Å²) in [6, 6.07) is 8.21. The fourth-order valence-corrected chi connectivity index (χ4v) is 3.58. The van der Waals surface area contributed by atoms with E-state index in [0.29, 0.717) is 25.9 Å². The molecule has 0 N–H and O–H groups in total. The molecule has 1 fully saturated rings. The maximum atomic E-state index is 12.5. The van der Waals surface area contributed by atoms with Gasteiger partial charge in [0.2, 0.25) is 5.91 Å². The van der Waals surface area contributed by atoms with Gasteiger partial charge in [0.25, 0.3) is 0 Å². The van der Waals surface area contributed by atoms with Crippen molar-refractivity contribution in [3.05, 3.63) is 29.8 Å². The number of rotatable bonds is 4. The standard InChI is InChI=1S/C17H23NO3S/c1-12-4-6-15(7-5-12)22-13(2)16(19)18-10-8-14(9-11-18)17(20)21-3/h4-7,13-14H,8-11H2,1-3H3/t13-/m0/s1. The first-order valence-corrected chi connectivity index (χ1v) is 8.49. The van der Waals surface area contributed by atoms with E-state index in [1.54, 1.807) is 11.8 Å². The summed E-state index contributed by atoms with van der Waals surface area (Å²) in [5, 5.41) is -0.114. The molecule has 1 aliphatic heterocycles. The lowest BCUT2D eigenvalue weighted by atomic mass is 9.97. The Bertz CT molecular complexity index is 521. The fraction of sp³-hybridized carbons (Fsp3) is 0.529. The molecule has 0 spiro atoms. The number of carbonyl (C=O) groups is 2. The lowest BCUT2D eigenvalue weighted by Gasteiger charge is -2.32. The number of piperidine rings is 1. The number of likely N-dealkylation sites (tertiary alicyclic amines) is 1. The molecule has 5 heteroatoms. The van der Waals surface area contributed by atoms with Gasteiger partial charge in [-0.25, -0.2) is 0 Å². The van der Waals surface area contributed by atoms with Gasteiger partial charge < -0.3 is 9.64 Å². The van der Waals surface area contributed by atoms with Crippen molar-refractivity contribution in [2.45, 2.75) is 36.8 Å². The lowest BCUT2D eigenvalue weighted by molar-refractivity contribution is -0.148. The van der Waals surface area contributed by atoms with Crippen molar-refractivity contribution in [2.75, 3.05) is 20.2 Å². The summed E-state index contributed by atoms with van der Waals surface area (Å²) in [6.45, 7) is 5.27. The number of hydrogen-bond donors (Lipinski definition) is 0. The number of methoxy groups -OCH3 is 1. The van der Waals surface area contributed by atoms with E-state index in [0.717, 1.165) is 4.90 Å². The van der Waals surface area contributed by atoms with Crippen molar-refractivity contribution in [3.63, 3.8) is 0 Å². The van der Waals surface area contributed by atoms with Gasteiger partial charge in [0.1, 0.15) is 0 Å². The molecule has 0 saturated carbocycles. The topological polar surface area (TPSA) is 46.6 Å². The van der Waals surface area contributed by atoms with Gasteiger partial charge in [0, 0.05) is 18.0 Å². The quantitative estimate of drug-likeness (QED) is 0.632. The molecule has 22 heavy (non-hydrogen) atoms. The predicted molar refractivity (Wildman–Crippen MR) is 87.8 cm³/mol. The van der Waals surface area contributed by atoms with Crippen LogP contribution in [0.1, 0.15) is 25.3 Å². The molecule has 1 aromatic rings. The van der Waals surface area contributed by atoms with E-state index in [1.165, 1.54) is 12.7 Å². The van der Waals surface area contributed by atoms with Gasteiger partial charge in [-0.05, 0) is 38.8 Å². The molecule has 1 aliphatic rings. The average molecular weight is 321 g/mol. The Morgan fingerprint density at radius 1 is 1.23 bits per heavy atom. The van der Waals surface area contributed by atoms with E-state index in [4.69, 9.17) is 4.74 Å². The number of ether oxygens (including phenoxy) is 1. The molecule has 0 bridgehead atoms. The summed E-state index contributed by atoms with van der Waals surface area (Å²) >= 11 is 1.58. The van der Waals surface area contributed by atoms with Gasteiger partial charge in [-0.2, -0.15) is 0 Å². The minimum Gasteiger partial charge on any atom is -0.469 e. The summed E-state index contributed by atoms with van der Waals surface area (Å²) in [6.07, 6.45) is 1.39. The van der Waals surface area contributed by atoms with Crippen molar-refractivity contribution >= 4 is 23.6 Å². The zero-order chi connectivity index (χ0) is 16.1. The minimum atomic E-state index is -0.158. The van der Waals surface area contributed by atoms with E-state index in [9.17, 15) is 9.59 Å². The van der Waals surface area contributed by atoms with Crippen LogP contribution in [0.15, 0.2) is 29.2 Å². The van der Waals surface area contributed by atoms with Gasteiger partial charge >= 0.3 is 5.97 Å². The monoisotopic (exact) mass is 321 g/mol. The molecule has 1 aromatic carbocycles. The van der Waals surface area contributed by atoms with Crippen molar-refractivity contribution < 1.29 is 14.3 Å². The third-order valence-corrected chi connectivity index (χ3v) is 5.12. The van der Waals surface area contributed by atoms with Crippen LogP contribution in [0.25, 0.3) is 0 Å². The second-order valence-corrected chi connectivity index (χ2v) is 7.11. The van der Waals surface area contributed by atoms with Crippen LogP contribution in [-0.4, -0.2) is 42.2 Å². The number of amides is 1. The van der Waals surface area contributed by atoms with Crippen LogP contribution in [0.2, 0.25) is 0 Å². The molecule has 0 aromatic heterocycles. The van der Waals surface area contributed by atoms with E-state index in [1.807, 2.05) is 24.0 Å². The van der Waals surface area contributed by atoms with Crippen LogP contribution in [-0.2, 0) is 14.3 Å². The Labute approximate surface area is 136 Å². The Hall–Kier alpha value is -1.49. The van der Waals surface area contributed by atoms with E-state index >= 15 is 0 Å². The highest BCUT2D eigenvalue weighted by Crippen LogP contribution is 2.26. The van der Waals surface area contributed by atoms with Crippen LogP contribution >= 0.6 is 11.8 Å². The first-order chi connectivity index (χ1) is 10.5. The third-order valence-electron chi connectivity index (χ3n) is 4.02. The molecule has 4 nitrogen and oxygen atoms in total. The van der Waals surface area contributed by atoms with Crippen molar-refractivity contribution in [1.29, 1.82) is 0 Å². The van der Waals surface area contributed by atoms with Crippen LogP contribution in [0.3, 0.4) is 0 Å². The molecule has 1 amide bonds. The zero-order valence-electron chi connectivity index (χ0n) is 13.4. The summed E-state index contributed by atoms with van der Waals surface area (Å²) in [7, 11) is 1.42. The molecule has 1 atom stereocenters. The molecule has 1 heterocycles. The van der Waals surface area contributed by atoms with Crippen molar-refractivity contribution in [2.24, 2.45) is 5.92 Å². The number of esters is 1. The van der Waals surface area contributed by atoms with Crippen LogP contribution in [0.4, 0.5) is 0 Å². The molecule has 0 aliphatic carbocycles. The van der Waals surface area contributed by atoms with Gasteiger partial charge in [0.15, 0.2) is 0 Å². The van der Waals surface area contributed by atoms with E-state index < -0.39 is 0 Å². The number of benzene rings is 1. The normalized spacial score (nSPS) is 17.1. The molecule has 0 radical (unpaired) electrons. The van der Waals surface area contributed by atoms with Crippen LogP contribution in [0, 0.1) is 12.8 Å². The lowest BCUT2D eigenvalue weighted by Crippen LogP contribution is -2.43. The van der Waals surface area contributed by atoms with Crippen molar-refractivity contribution in [3.8, 4) is 0 Å². The molecule has 2 rings (SSSR count). The number of carbonyl (C=O) groups excluding carboxylic acids is 2. The number of thioether (sulfide) groups is 1. The summed E-state index contributed by atoms with van der Waals surface area (Å²) < 4.78 is 4.77. The highest BCUT2D eigenvalue weighted by atomic mass is 32.2. The first kappa shape index (κ1) is 16.9. The maximum Gasteiger partial charge on any atom is 0.308 e. The van der Waals surface area contributed by atoms with E-state index in [-0.39, 0.29) is 23.0 Å². The fourth-order valence-electron chi connectivity index (χ4n) is 2.63. The maximum absolute atomic E-state index is 12.5. The second-order valence-electron chi connectivity index (χ2n) is 5.70. The van der Waals surface area contributed by atoms with Gasteiger partial charge in [-0.15, -0.1) is 11.8 Å². The van der Waals surface area contributed by atoms with Crippen molar-refractivity contribution in [1.82, 2.24) is 4.90 Å². The number of nitrogens with zero attached hydrogens (tertiary/aromatic N) is 1. The number of hydrogen-bond acceptors (Lipinski definition) is 4. The van der Waals surface area contributed by atoms with Gasteiger partial charge in [-0.1, -0.05) is 17.7 Å². The highest BCUT2D eigenvalue weighted by Gasteiger charge is 2.29. The molecule has 120 valence electrons.